The van der Waals surface area contributed by atoms with Crippen molar-refractivity contribution in [2.45, 2.75) is 44.9 Å². The molecule has 0 saturated heterocycles. The first-order valence-electron chi connectivity index (χ1n) is 8.43. The molecule has 21 heavy (non-hydrogen) atoms. The molecule has 3 heteroatoms. The number of aliphatic imine (C=N–C) groups is 1. The fourth-order valence-electron chi connectivity index (χ4n) is 3.76. The van der Waals surface area contributed by atoms with Gasteiger partial charge in [-0.15, -0.1) is 0 Å². The average molecular weight is 285 g/mol. The number of guanidine groups is 1. The van der Waals surface area contributed by atoms with Gasteiger partial charge in [0.15, 0.2) is 5.96 Å². The Bertz CT molecular complexity index is 509. The van der Waals surface area contributed by atoms with Gasteiger partial charge in [-0.3, -0.25) is 4.99 Å². The fraction of sp³-hybridized carbons (Fsp3) is 0.611. The zero-order valence-electron chi connectivity index (χ0n) is 13.0. The zero-order chi connectivity index (χ0) is 14.7. The Kier molecular flexibility index (Phi) is 4.47. The quantitative estimate of drug-likeness (QED) is 0.459. The van der Waals surface area contributed by atoms with Crippen molar-refractivity contribution in [2.24, 2.45) is 22.6 Å². The van der Waals surface area contributed by atoms with Crippen LogP contribution in [-0.4, -0.2) is 19.0 Å². The molecule has 0 spiro atoms. The van der Waals surface area contributed by atoms with E-state index in [2.05, 4.69) is 41.5 Å². The van der Waals surface area contributed by atoms with Crippen LogP contribution < -0.4 is 11.1 Å². The maximum absolute atomic E-state index is 5.95. The standard InChI is InChI=1S/C18H27N3/c1-2-3-4-7-10-20-18(19)21-12-16-15-11-13-8-5-6-9-14(13)17(15)16/h5-6,8-9,15-17H,2-4,7,10-12H2,1H3,(H3,19,20,21). The van der Waals surface area contributed by atoms with Crippen LogP contribution in [0.1, 0.15) is 49.7 Å². The molecule has 114 valence electrons. The largest absolute Gasteiger partial charge is 0.370 e. The summed E-state index contributed by atoms with van der Waals surface area (Å²) < 4.78 is 0. The Labute approximate surface area is 128 Å². The molecule has 0 amide bonds. The highest BCUT2D eigenvalue weighted by molar-refractivity contribution is 5.77. The van der Waals surface area contributed by atoms with Crippen LogP contribution in [0.5, 0.6) is 0 Å². The molecule has 0 bridgehead atoms. The van der Waals surface area contributed by atoms with Crippen molar-refractivity contribution in [3.05, 3.63) is 35.4 Å². The summed E-state index contributed by atoms with van der Waals surface area (Å²) >= 11 is 0. The number of hydrogen-bond acceptors (Lipinski definition) is 1. The van der Waals surface area contributed by atoms with Gasteiger partial charge in [-0.1, -0.05) is 50.5 Å². The Balaban J connectivity index is 1.40. The summed E-state index contributed by atoms with van der Waals surface area (Å²) in [5.41, 5.74) is 9.06. The molecule has 0 heterocycles. The Morgan fingerprint density at radius 2 is 2.14 bits per heavy atom. The average Bonchev–Trinajstić information content (AvgIpc) is 3.04. The van der Waals surface area contributed by atoms with Crippen LogP contribution in [0.3, 0.4) is 0 Å². The van der Waals surface area contributed by atoms with Crippen LogP contribution in [0.2, 0.25) is 0 Å². The normalized spacial score (nSPS) is 26.3. The monoisotopic (exact) mass is 285 g/mol. The van der Waals surface area contributed by atoms with Crippen LogP contribution in [0.25, 0.3) is 0 Å². The van der Waals surface area contributed by atoms with E-state index in [4.69, 9.17) is 5.73 Å². The minimum absolute atomic E-state index is 0.629. The Hall–Kier alpha value is -1.51. The van der Waals surface area contributed by atoms with Gasteiger partial charge >= 0.3 is 0 Å². The number of benzene rings is 1. The summed E-state index contributed by atoms with van der Waals surface area (Å²) in [5, 5.41) is 3.24. The topological polar surface area (TPSA) is 50.4 Å². The third-order valence-corrected chi connectivity index (χ3v) is 5.01. The van der Waals surface area contributed by atoms with Gasteiger partial charge in [0.2, 0.25) is 0 Å². The first-order chi connectivity index (χ1) is 10.3. The zero-order valence-corrected chi connectivity index (χ0v) is 13.0. The van der Waals surface area contributed by atoms with Crippen molar-refractivity contribution < 1.29 is 0 Å². The second-order valence-corrected chi connectivity index (χ2v) is 6.47. The summed E-state index contributed by atoms with van der Waals surface area (Å²) in [6, 6.07) is 8.87. The number of nitrogens with one attached hydrogen (secondary N) is 1. The van der Waals surface area contributed by atoms with Crippen molar-refractivity contribution >= 4 is 5.96 Å². The number of nitrogens with zero attached hydrogens (tertiary/aromatic N) is 1. The molecule has 0 aliphatic heterocycles. The number of fused-ring (bicyclic) bond motifs is 3. The molecule has 1 fully saturated rings. The van der Waals surface area contributed by atoms with Crippen molar-refractivity contribution in [3.63, 3.8) is 0 Å². The van der Waals surface area contributed by atoms with Gasteiger partial charge < -0.3 is 11.1 Å². The highest BCUT2D eigenvalue weighted by atomic mass is 15.1. The molecular formula is C18H27N3. The van der Waals surface area contributed by atoms with Gasteiger partial charge in [-0.05, 0) is 41.7 Å². The van der Waals surface area contributed by atoms with Crippen LogP contribution in [-0.2, 0) is 6.42 Å². The van der Waals surface area contributed by atoms with Gasteiger partial charge in [-0.2, -0.15) is 0 Å². The molecule has 1 aromatic rings. The fourth-order valence-corrected chi connectivity index (χ4v) is 3.76. The summed E-state index contributed by atoms with van der Waals surface area (Å²) in [7, 11) is 0. The second kappa shape index (κ2) is 6.50. The molecule has 3 N–H and O–H groups in total. The molecule has 1 saturated carbocycles. The van der Waals surface area contributed by atoms with Gasteiger partial charge in [0.1, 0.15) is 0 Å². The molecule has 3 rings (SSSR count). The predicted octanol–water partition coefficient (Wildman–Crippen LogP) is 3.06. The summed E-state index contributed by atoms with van der Waals surface area (Å²) in [6.07, 6.45) is 6.29. The highest BCUT2D eigenvalue weighted by Crippen LogP contribution is 2.61. The van der Waals surface area contributed by atoms with E-state index in [9.17, 15) is 0 Å². The van der Waals surface area contributed by atoms with E-state index in [1.165, 1.54) is 32.1 Å². The van der Waals surface area contributed by atoms with Crippen LogP contribution in [0, 0.1) is 11.8 Å². The van der Waals surface area contributed by atoms with Crippen molar-refractivity contribution in [1.29, 1.82) is 0 Å². The SMILES string of the molecule is CCCCCCNC(N)=NCC1C2Cc3ccccc3C12. The van der Waals surface area contributed by atoms with E-state index in [-0.39, 0.29) is 0 Å². The number of nitrogens with two attached hydrogens (primary N) is 1. The lowest BCUT2D eigenvalue weighted by Gasteiger charge is -2.07. The third-order valence-electron chi connectivity index (χ3n) is 5.01. The molecule has 3 unspecified atom stereocenters. The summed E-state index contributed by atoms with van der Waals surface area (Å²) in [6.45, 7) is 4.07. The van der Waals surface area contributed by atoms with Crippen molar-refractivity contribution in [1.82, 2.24) is 5.32 Å². The van der Waals surface area contributed by atoms with Crippen LogP contribution in [0.4, 0.5) is 0 Å². The van der Waals surface area contributed by atoms with E-state index >= 15 is 0 Å². The molecule has 0 aromatic heterocycles. The lowest BCUT2D eigenvalue weighted by molar-refractivity contribution is 0.649. The molecule has 1 aromatic carbocycles. The van der Waals surface area contributed by atoms with Gasteiger partial charge in [0, 0.05) is 13.1 Å². The van der Waals surface area contributed by atoms with E-state index in [0.717, 1.165) is 30.8 Å². The van der Waals surface area contributed by atoms with Crippen LogP contribution in [0.15, 0.2) is 29.3 Å². The Morgan fingerprint density at radius 3 is 3.00 bits per heavy atom. The Morgan fingerprint density at radius 1 is 1.29 bits per heavy atom. The van der Waals surface area contributed by atoms with Gasteiger partial charge in [0.05, 0.1) is 0 Å². The lowest BCUT2D eigenvalue weighted by Crippen LogP contribution is -2.32. The molecule has 2 aliphatic carbocycles. The lowest BCUT2D eigenvalue weighted by atomic mass is 10.0. The minimum atomic E-state index is 0.629. The molecule has 0 radical (unpaired) electrons. The number of rotatable bonds is 7. The van der Waals surface area contributed by atoms with Crippen molar-refractivity contribution in [3.8, 4) is 0 Å². The van der Waals surface area contributed by atoms with Gasteiger partial charge in [-0.25, -0.2) is 0 Å². The second-order valence-electron chi connectivity index (χ2n) is 6.47. The first-order valence-corrected chi connectivity index (χ1v) is 8.43. The molecule has 2 aliphatic rings. The summed E-state index contributed by atoms with van der Waals surface area (Å²) in [4.78, 5) is 4.54. The van der Waals surface area contributed by atoms with Crippen LogP contribution >= 0.6 is 0 Å². The maximum atomic E-state index is 5.95. The van der Waals surface area contributed by atoms with E-state index in [0.29, 0.717) is 5.96 Å². The number of hydrogen-bond donors (Lipinski definition) is 2. The summed E-state index contributed by atoms with van der Waals surface area (Å²) in [5.74, 6) is 2.93. The highest BCUT2D eigenvalue weighted by Gasteiger charge is 2.54. The maximum Gasteiger partial charge on any atom is 0.188 e. The van der Waals surface area contributed by atoms with E-state index in [1.54, 1.807) is 11.1 Å². The third kappa shape index (κ3) is 3.22. The van der Waals surface area contributed by atoms with E-state index in [1.807, 2.05) is 0 Å². The van der Waals surface area contributed by atoms with Crippen molar-refractivity contribution in [2.75, 3.05) is 13.1 Å². The van der Waals surface area contributed by atoms with Gasteiger partial charge in [0.25, 0.3) is 0 Å². The predicted molar refractivity (Wildman–Crippen MR) is 88.5 cm³/mol. The molecule has 3 nitrogen and oxygen atoms in total. The molecular weight excluding hydrogens is 258 g/mol. The molecule has 3 atom stereocenters. The van der Waals surface area contributed by atoms with E-state index < -0.39 is 0 Å². The number of unbranched alkanes of at least 4 members (excludes halogenated alkanes) is 3. The first kappa shape index (κ1) is 14.4. The smallest absolute Gasteiger partial charge is 0.188 e. The minimum Gasteiger partial charge on any atom is -0.370 e.